The molecular formula is C16H17NO4. The maximum absolute atomic E-state index is 12.1. The molecule has 0 spiro atoms. The molecular weight excluding hydrogens is 270 g/mol. The van der Waals surface area contributed by atoms with E-state index in [1.165, 1.54) is 0 Å². The molecule has 2 amide bonds. The summed E-state index contributed by atoms with van der Waals surface area (Å²) in [6.07, 6.45) is 0.699. The number of imide groups is 1. The van der Waals surface area contributed by atoms with Crippen molar-refractivity contribution in [2.24, 2.45) is 0 Å². The van der Waals surface area contributed by atoms with Crippen molar-refractivity contribution < 1.29 is 19.5 Å². The fraction of sp³-hybridized carbons (Fsp3) is 0.312. The molecule has 1 aromatic rings. The van der Waals surface area contributed by atoms with Crippen LogP contribution in [-0.4, -0.2) is 33.8 Å². The molecule has 1 N–H and O–H groups in total. The molecule has 21 heavy (non-hydrogen) atoms. The van der Waals surface area contributed by atoms with Crippen LogP contribution in [0.3, 0.4) is 0 Å². The number of nitrogens with zero attached hydrogens (tertiary/aromatic N) is 1. The van der Waals surface area contributed by atoms with Crippen LogP contribution in [0, 0.1) is 0 Å². The van der Waals surface area contributed by atoms with E-state index in [9.17, 15) is 19.5 Å². The van der Waals surface area contributed by atoms with E-state index in [2.05, 4.69) is 0 Å². The summed E-state index contributed by atoms with van der Waals surface area (Å²) in [6, 6.07) is 8.27. The Morgan fingerprint density at radius 1 is 1.10 bits per heavy atom. The lowest BCUT2D eigenvalue weighted by molar-refractivity contribution is -0.154. The molecule has 0 fully saturated rings. The Morgan fingerprint density at radius 2 is 1.62 bits per heavy atom. The summed E-state index contributed by atoms with van der Waals surface area (Å²) >= 11 is 0. The van der Waals surface area contributed by atoms with Crippen molar-refractivity contribution >= 4 is 17.8 Å². The van der Waals surface area contributed by atoms with Gasteiger partial charge in [-0.1, -0.05) is 30.3 Å². The van der Waals surface area contributed by atoms with E-state index >= 15 is 0 Å². The Morgan fingerprint density at radius 3 is 2.10 bits per heavy atom. The Bertz CT molecular complexity index is 594. The molecule has 0 aromatic heterocycles. The lowest BCUT2D eigenvalue weighted by Crippen LogP contribution is -2.46. The Hall–Kier alpha value is -2.43. The Balaban J connectivity index is 2.16. The van der Waals surface area contributed by atoms with Gasteiger partial charge in [0.2, 0.25) is 0 Å². The van der Waals surface area contributed by atoms with Crippen molar-refractivity contribution in [2.75, 3.05) is 0 Å². The van der Waals surface area contributed by atoms with Gasteiger partial charge in [-0.15, -0.1) is 0 Å². The van der Waals surface area contributed by atoms with E-state index in [-0.39, 0.29) is 6.42 Å². The van der Waals surface area contributed by atoms with E-state index in [0.717, 1.165) is 10.5 Å². The van der Waals surface area contributed by atoms with Gasteiger partial charge in [-0.05, 0) is 32.3 Å². The minimum Gasteiger partial charge on any atom is -0.480 e. The molecule has 0 radical (unpaired) electrons. The molecule has 110 valence electrons. The number of benzene rings is 1. The largest absolute Gasteiger partial charge is 0.480 e. The number of carbonyl (C=O) groups excluding carboxylic acids is 2. The van der Waals surface area contributed by atoms with Gasteiger partial charge < -0.3 is 5.11 Å². The Labute approximate surface area is 122 Å². The van der Waals surface area contributed by atoms with Crippen LogP contribution in [0.15, 0.2) is 41.5 Å². The standard InChI is InChI=1S/C16H17NO4/c1-10-11(2)15(19)17(14(10)18)13(16(20)21)9-8-12-6-4-3-5-7-12/h3-7,13H,8-9H2,1-2H3,(H,20,21). The topological polar surface area (TPSA) is 74.7 Å². The van der Waals surface area contributed by atoms with E-state index in [1.54, 1.807) is 13.8 Å². The molecule has 0 saturated heterocycles. The van der Waals surface area contributed by atoms with E-state index < -0.39 is 23.8 Å². The quantitative estimate of drug-likeness (QED) is 0.838. The number of carboxylic acids is 1. The molecule has 5 heteroatoms. The highest BCUT2D eigenvalue weighted by atomic mass is 16.4. The number of carbonyl (C=O) groups is 3. The smallest absolute Gasteiger partial charge is 0.326 e. The zero-order valence-corrected chi connectivity index (χ0v) is 12.0. The monoisotopic (exact) mass is 287 g/mol. The number of aliphatic carboxylic acids is 1. The minimum atomic E-state index is -1.16. The van der Waals surface area contributed by atoms with Crippen molar-refractivity contribution in [1.82, 2.24) is 4.90 Å². The maximum Gasteiger partial charge on any atom is 0.326 e. The number of rotatable bonds is 5. The molecule has 1 aliphatic rings. The molecule has 1 heterocycles. The molecule has 0 bridgehead atoms. The third-order valence-electron chi connectivity index (χ3n) is 3.79. The number of hydrogen-bond acceptors (Lipinski definition) is 3. The molecule has 5 nitrogen and oxygen atoms in total. The highest BCUT2D eigenvalue weighted by Crippen LogP contribution is 2.24. The van der Waals surface area contributed by atoms with Crippen LogP contribution in [0.25, 0.3) is 0 Å². The van der Waals surface area contributed by atoms with Crippen molar-refractivity contribution in [3.8, 4) is 0 Å². The zero-order chi connectivity index (χ0) is 15.6. The zero-order valence-electron chi connectivity index (χ0n) is 12.0. The van der Waals surface area contributed by atoms with Gasteiger partial charge in [-0.2, -0.15) is 0 Å². The Kier molecular flexibility index (Phi) is 4.21. The molecule has 1 aromatic carbocycles. The second-order valence-corrected chi connectivity index (χ2v) is 5.11. The predicted molar refractivity (Wildman–Crippen MR) is 76.4 cm³/mol. The fourth-order valence-corrected chi connectivity index (χ4v) is 2.37. The number of carboxylic acid groups (broad SMARTS) is 1. The van der Waals surface area contributed by atoms with Gasteiger partial charge in [0.15, 0.2) is 0 Å². The average molecular weight is 287 g/mol. The molecule has 2 rings (SSSR count). The van der Waals surface area contributed by atoms with Crippen molar-refractivity contribution in [2.45, 2.75) is 32.7 Å². The summed E-state index contributed by atoms with van der Waals surface area (Å²) in [5, 5.41) is 9.36. The van der Waals surface area contributed by atoms with Gasteiger partial charge in [-0.25, -0.2) is 4.79 Å². The van der Waals surface area contributed by atoms with Gasteiger partial charge >= 0.3 is 5.97 Å². The highest BCUT2D eigenvalue weighted by Gasteiger charge is 2.41. The lowest BCUT2D eigenvalue weighted by Gasteiger charge is -2.23. The summed E-state index contributed by atoms with van der Waals surface area (Å²) in [7, 11) is 0. The van der Waals surface area contributed by atoms with Crippen LogP contribution < -0.4 is 0 Å². The first-order chi connectivity index (χ1) is 9.93. The van der Waals surface area contributed by atoms with Crippen LogP contribution in [0.5, 0.6) is 0 Å². The second kappa shape index (κ2) is 5.91. The summed E-state index contributed by atoms with van der Waals surface area (Å²) in [5.41, 5.74) is 1.63. The summed E-state index contributed by atoms with van der Waals surface area (Å²) in [5.74, 6) is -2.16. The van der Waals surface area contributed by atoms with Crippen molar-refractivity contribution in [1.29, 1.82) is 0 Å². The number of aryl methyl sites for hydroxylation is 1. The van der Waals surface area contributed by atoms with E-state index in [4.69, 9.17) is 0 Å². The first-order valence-electron chi connectivity index (χ1n) is 6.75. The van der Waals surface area contributed by atoms with Gasteiger partial charge in [0, 0.05) is 11.1 Å². The third-order valence-corrected chi connectivity index (χ3v) is 3.79. The fourth-order valence-electron chi connectivity index (χ4n) is 2.37. The normalized spacial score (nSPS) is 16.6. The van der Waals surface area contributed by atoms with Gasteiger partial charge in [-0.3, -0.25) is 14.5 Å². The third kappa shape index (κ3) is 2.86. The van der Waals surface area contributed by atoms with Gasteiger partial charge in [0.25, 0.3) is 11.8 Å². The summed E-state index contributed by atoms with van der Waals surface area (Å²) in [4.78, 5) is 36.5. The van der Waals surface area contributed by atoms with E-state index in [0.29, 0.717) is 17.6 Å². The van der Waals surface area contributed by atoms with Crippen LogP contribution in [0.1, 0.15) is 25.8 Å². The van der Waals surface area contributed by atoms with Crippen molar-refractivity contribution in [3.63, 3.8) is 0 Å². The van der Waals surface area contributed by atoms with Crippen LogP contribution in [-0.2, 0) is 20.8 Å². The predicted octanol–water partition coefficient (Wildman–Crippen LogP) is 1.78. The maximum atomic E-state index is 12.1. The molecule has 1 atom stereocenters. The molecule has 0 aliphatic carbocycles. The first kappa shape index (κ1) is 15.0. The SMILES string of the molecule is CC1=C(C)C(=O)N(C(CCc2ccccc2)C(=O)O)C1=O. The minimum absolute atomic E-state index is 0.206. The second-order valence-electron chi connectivity index (χ2n) is 5.11. The van der Waals surface area contributed by atoms with Crippen LogP contribution >= 0.6 is 0 Å². The average Bonchev–Trinajstić information content (AvgIpc) is 2.66. The number of hydrogen-bond donors (Lipinski definition) is 1. The molecule has 0 saturated carbocycles. The van der Waals surface area contributed by atoms with E-state index in [1.807, 2.05) is 30.3 Å². The van der Waals surface area contributed by atoms with Crippen LogP contribution in [0.2, 0.25) is 0 Å². The van der Waals surface area contributed by atoms with Gasteiger partial charge in [0.1, 0.15) is 6.04 Å². The van der Waals surface area contributed by atoms with Crippen LogP contribution in [0.4, 0.5) is 0 Å². The lowest BCUT2D eigenvalue weighted by atomic mass is 10.0. The summed E-state index contributed by atoms with van der Waals surface area (Å²) < 4.78 is 0. The molecule has 1 aliphatic heterocycles. The highest BCUT2D eigenvalue weighted by molar-refractivity contribution is 6.20. The number of amides is 2. The van der Waals surface area contributed by atoms with Crippen molar-refractivity contribution in [3.05, 3.63) is 47.0 Å². The van der Waals surface area contributed by atoms with Gasteiger partial charge in [0.05, 0.1) is 0 Å². The first-order valence-corrected chi connectivity index (χ1v) is 6.75. The summed E-state index contributed by atoms with van der Waals surface area (Å²) in [6.45, 7) is 3.09. The molecule has 1 unspecified atom stereocenters.